The molecule has 0 aromatic carbocycles. The Morgan fingerprint density at radius 1 is 1.36 bits per heavy atom. The van der Waals surface area contributed by atoms with Crippen LogP contribution in [0, 0.1) is 6.92 Å². The van der Waals surface area contributed by atoms with Crippen LogP contribution in [0.15, 0.2) is 38.4 Å². The van der Waals surface area contributed by atoms with Gasteiger partial charge in [-0.25, -0.2) is 0 Å². The van der Waals surface area contributed by atoms with Crippen molar-refractivity contribution in [2.75, 3.05) is 13.6 Å². The van der Waals surface area contributed by atoms with Crippen LogP contribution >= 0.6 is 35.3 Å². The number of rotatable bonds is 5. The van der Waals surface area contributed by atoms with Gasteiger partial charge in [-0.05, 0) is 48.4 Å². The minimum absolute atomic E-state index is 0. The molecule has 2 rings (SSSR count). The zero-order valence-corrected chi connectivity index (χ0v) is 16.1. The van der Waals surface area contributed by atoms with Gasteiger partial charge < -0.3 is 20.2 Å². The number of aliphatic hydroxyl groups is 1. The smallest absolute Gasteiger partial charge is 0.191 e. The summed E-state index contributed by atoms with van der Waals surface area (Å²) in [6.07, 6.45) is 0. The van der Waals surface area contributed by atoms with Crippen LogP contribution in [0.3, 0.4) is 0 Å². The van der Waals surface area contributed by atoms with Crippen molar-refractivity contribution < 1.29 is 9.52 Å². The molecular formula is C15H22IN3O2S. The molecule has 1 atom stereocenters. The molecule has 122 valence electrons. The summed E-state index contributed by atoms with van der Waals surface area (Å²) < 4.78 is 5.48. The summed E-state index contributed by atoms with van der Waals surface area (Å²) in [6.45, 7) is 4.58. The molecule has 2 aromatic heterocycles. The fourth-order valence-electron chi connectivity index (χ4n) is 1.87. The lowest BCUT2D eigenvalue weighted by Gasteiger charge is -2.22. The molecule has 2 heterocycles. The van der Waals surface area contributed by atoms with Gasteiger partial charge in [0.05, 0.1) is 6.54 Å². The van der Waals surface area contributed by atoms with Crippen molar-refractivity contribution in [3.05, 3.63) is 46.0 Å². The van der Waals surface area contributed by atoms with E-state index in [1.54, 1.807) is 31.4 Å². The lowest BCUT2D eigenvalue weighted by molar-refractivity contribution is 0.0378. The first-order chi connectivity index (χ1) is 10.0. The van der Waals surface area contributed by atoms with Crippen LogP contribution in [0.1, 0.15) is 24.0 Å². The third-order valence-corrected chi connectivity index (χ3v) is 3.87. The molecule has 0 radical (unpaired) electrons. The molecule has 2 aromatic rings. The first-order valence-electron chi connectivity index (χ1n) is 6.76. The number of nitrogens with one attached hydrogen (secondary N) is 2. The molecule has 5 nitrogen and oxygen atoms in total. The van der Waals surface area contributed by atoms with E-state index in [2.05, 4.69) is 27.1 Å². The maximum Gasteiger partial charge on any atom is 0.191 e. The lowest BCUT2D eigenvalue weighted by atomic mass is 10.0. The van der Waals surface area contributed by atoms with Gasteiger partial charge in [0.15, 0.2) is 5.96 Å². The highest BCUT2D eigenvalue weighted by Gasteiger charge is 2.26. The highest BCUT2D eigenvalue weighted by Crippen LogP contribution is 2.21. The standard InChI is InChI=1S/C15H21N3O2S.HI/c1-11-4-5-13(20-11)15(2,19)10-18-14(16-3)17-8-12-6-7-21-9-12;/h4-7,9,19H,8,10H2,1-3H3,(H2,16,17,18);1H. The quantitative estimate of drug-likeness (QED) is 0.384. The van der Waals surface area contributed by atoms with E-state index < -0.39 is 5.60 Å². The minimum Gasteiger partial charge on any atom is -0.463 e. The number of guanidine groups is 1. The first-order valence-corrected chi connectivity index (χ1v) is 7.70. The Bertz CT molecular complexity index is 594. The Hall–Kier alpha value is -1.06. The van der Waals surface area contributed by atoms with Crippen molar-refractivity contribution in [1.29, 1.82) is 0 Å². The van der Waals surface area contributed by atoms with Gasteiger partial charge in [0.2, 0.25) is 0 Å². The molecule has 0 bridgehead atoms. The van der Waals surface area contributed by atoms with Gasteiger partial charge in [0.25, 0.3) is 0 Å². The van der Waals surface area contributed by atoms with Crippen LogP contribution in [-0.4, -0.2) is 24.7 Å². The molecule has 3 N–H and O–H groups in total. The van der Waals surface area contributed by atoms with Gasteiger partial charge in [-0.15, -0.1) is 24.0 Å². The van der Waals surface area contributed by atoms with Gasteiger partial charge in [-0.1, -0.05) is 0 Å². The fraction of sp³-hybridized carbons (Fsp3) is 0.400. The maximum absolute atomic E-state index is 10.5. The number of aliphatic imine (C=N–C) groups is 1. The Kier molecular flexibility index (Phi) is 7.37. The van der Waals surface area contributed by atoms with Crippen LogP contribution in [-0.2, 0) is 12.1 Å². The van der Waals surface area contributed by atoms with Gasteiger partial charge in [-0.3, -0.25) is 4.99 Å². The van der Waals surface area contributed by atoms with Gasteiger partial charge in [0.1, 0.15) is 17.1 Å². The Labute approximate surface area is 151 Å². The van der Waals surface area contributed by atoms with E-state index in [1.165, 1.54) is 5.56 Å². The van der Waals surface area contributed by atoms with Crippen molar-refractivity contribution in [2.45, 2.75) is 26.0 Å². The predicted octanol–water partition coefficient (Wildman–Crippen LogP) is 2.84. The Morgan fingerprint density at radius 2 is 2.14 bits per heavy atom. The van der Waals surface area contributed by atoms with Gasteiger partial charge in [-0.2, -0.15) is 11.3 Å². The summed E-state index contributed by atoms with van der Waals surface area (Å²) in [7, 11) is 1.70. The number of nitrogens with zero attached hydrogens (tertiary/aromatic N) is 1. The van der Waals surface area contributed by atoms with E-state index in [1.807, 2.05) is 18.4 Å². The molecule has 0 saturated carbocycles. The van der Waals surface area contributed by atoms with Crippen molar-refractivity contribution in [3.8, 4) is 0 Å². The maximum atomic E-state index is 10.5. The third-order valence-electron chi connectivity index (χ3n) is 3.13. The summed E-state index contributed by atoms with van der Waals surface area (Å²) in [4.78, 5) is 4.15. The van der Waals surface area contributed by atoms with Crippen molar-refractivity contribution in [2.24, 2.45) is 4.99 Å². The minimum atomic E-state index is -1.09. The number of halogens is 1. The van der Waals surface area contributed by atoms with Crippen LogP contribution < -0.4 is 10.6 Å². The first kappa shape index (κ1) is 19.0. The summed E-state index contributed by atoms with van der Waals surface area (Å²) in [5.41, 5.74) is 0.116. The second-order valence-corrected chi connectivity index (χ2v) is 5.88. The van der Waals surface area contributed by atoms with Crippen LogP contribution in [0.4, 0.5) is 0 Å². The van der Waals surface area contributed by atoms with Crippen LogP contribution in [0.25, 0.3) is 0 Å². The molecule has 0 amide bonds. The largest absolute Gasteiger partial charge is 0.463 e. The molecular weight excluding hydrogens is 413 g/mol. The molecule has 1 unspecified atom stereocenters. The fourth-order valence-corrected chi connectivity index (χ4v) is 2.54. The SMILES string of the molecule is CN=C(NCc1ccsc1)NCC(C)(O)c1ccc(C)o1.I. The van der Waals surface area contributed by atoms with Crippen LogP contribution in [0.2, 0.25) is 0 Å². The zero-order valence-electron chi connectivity index (χ0n) is 12.9. The number of thiophene rings is 1. The predicted molar refractivity (Wildman–Crippen MR) is 101 cm³/mol. The van der Waals surface area contributed by atoms with Crippen molar-refractivity contribution in [1.82, 2.24) is 10.6 Å². The summed E-state index contributed by atoms with van der Waals surface area (Å²) in [5, 5.41) is 20.9. The van der Waals surface area contributed by atoms with Crippen LogP contribution in [0.5, 0.6) is 0 Å². The van der Waals surface area contributed by atoms with Gasteiger partial charge in [0, 0.05) is 13.6 Å². The normalized spacial score (nSPS) is 14.1. The third kappa shape index (κ3) is 5.29. The van der Waals surface area contributed by atoms with E-state index in [0.29, 0.717) is 24.8 Å². The van der Waals surface area contributed by atoms with Crippen molar-refractivity contribution in [3.63, 3.8) is 0 Å². The molecule has 0 aliphatic heterocycles. The number of aryl methyl sites for hydroxylation is 1. The average molecular weight is 435 g/mol. The molecule has 0 aliphatic rings. The molecule has 0 spiro atoms. The lowest BCUT2D eigenvalue weighted by Crippen LogP contribution is -2.44. The summed E-state index contributed by atoms with van der Waals surface area (Å²) >= 11 is 1.66. The second kappa shape index (κ2) is 8.54. The van der Waals surface area contributed by atoms with E-state index in [0.717, 1.165) is 5.76 Å². The monoisotopic (exact) mass is 435 g/mol. The highest BCUT2D eigenvalue weighted by atomic mass is 127. The molecule has 0 saturated heterocycles. The highest BCUT2D eigenvalue weighted by molar-refractivity contribution is 14.0. The second-order valence-electron chi connectivity index (χ2n) is 5.10. The topological polar surface area (TPSA) is 69.8 Å². The summed E-state index contributed by atoms with van der Waals surface area (Å²) in [6, 6.07) is 5.69. The van der Waals surface area contributed by atoms with E-state index in [-0.39, 0.29) is 24.0 Å². The molecule has 22 heavy (non-hydrogen) atoms. The van der Waals surface area contributed by atoms with Gasteiger partial charge >= 0.3 is 0 Å². The number of hydrogen-bond donors (Lipinski definition) is 3. The van der Waals surface area contributed by atoms with E-state index in [9.17, 15) is 5.11 Å². The zero-order chi connectivity index (χ0) is 15.3. The van der Waals surface area contributed by atoms with Crippen molar-refractivity contribution >= 4 is 41.3 Å². The molecule has 7 heteroatoms. The molecule has 0 aliphatic carbocycles. The average Bonchev–Trinajstić information content (AvgIpc) is 3.10. The number of hydrogen-bond acceptors (Lipinski definition) is 4. The van der Waals surface area contributed by atoms with E-state index in [4.69, 9.17) is 4.42 Å². The Morgan fingerprint density at radius 3 is 2.68 bits per heavy atom. The van der Waals surface area contributed by atoms with E-state index >= 15 is 0 Å². The molecule has 0 fully saturated rings. The summed E-state index contributed by atoms with van der Waals surface area (Å²) in [5.74, 6) is 1.97. The number of furan rings is 1. The Balaban J connectivity index is 0.00000242.